The Balaban J connectivity index is 2.67. The van der Waals surface area contributed by atoms with Crippen LogP contribution in [0.2, 0.25) is 0 Å². The molecule has 0 saturated heterocycles. The van der Waals surface area contributed by atoms with Crippen molar-refractivity contribution in [3.63, 3.8) is 0 Å². The first-order valence-corrected chi connectivity index (χ1v) is 5.30. The van der Waals surface area contributed by atoms with Crippen LogP contribution in [0.25, 0.3) is 0 Å². The third-order valence-electron chi connectivity index (χ3n) is 3.59. The Morgan fingerprint density at radius 3 is 2.50 bits per heavy atom. The summed E-state index contributed by atoms with van der Waals surface area (Å²) < 4.78 is 0. The van der Waals surface area contributed by atoms with E-state index in [2.05, 4.69) is 33.8 Å². The van der Waals surface area contributed by atoms with Crippen LogP contribution in [-0.2, 0) is 6.42 Å². The largest absolute Gasteiger partial charge is 0.388 e. The van der Waals surface area contributed by atoms with E-state index in [0.717, 1.165) is 6.42 Å². The second-order valence-electron chi connectivity index (χ2n) is 4.65. The van der Waals surface area contributed by atoms with E-state index in [1.165, 1.54) is 27.8 Å². The van der Waals surface area contributed by atoms with Gasteiger partial charge in [-0.3, -0.25) is 0 Å². The summed E-state index contributed by atoms with van der Waals surface area (Å²) >= 11 is 0. The van der Waals surface area contributed by atoms with Gasteiger partial charge in [-0.25, -0.2) is 0 Å². The molecule has 76 valence electrons. The summed E-state index contributed by atoms with van der Waals surface area (Å²) in [7, 11) is 0. The molecule has 1 aromatic carbocycles. The molecule has 0 bridgehead atoms. The van der Waals surface area contributed by atoms with Gasteiger partial charge >= 0.3 is 0 Å². The van der Waals surface area contributed by atoms with Gasteiger partial charge in [-0.15, -0.1) is 0 Å². The molecule has 0 radical (unpaired) electrons. The second kappa shape index (κ2) is 3.09. The third-order valence-corrected chi connectivity index (χ3v) is 3.59. The van der Waals surface area contributed by atoms with Crippen LogP contribution in [0.1, 0.15) is 40.8 Å². The van der Waals surface area contributed by atoms with Gasteiger partial charge in [0.1, 0.15) is 0 Å². The third kappa shape index (κ3) is 1.19. The van der Waals surface area contributed by atoms with Crippen molar-refractivity contribution < 1.29 is 5.11 Å². The monoisotopic (exact) mass is 190 g/mol. The van der Waals surface area contributed by atoms with Crippen molar-refractivity contribution in [1.29, 1.82) is 0 Å². The summed E-state index contributed by atoms with van der Waals surface area (Å²) in [6.07, 6.45) is 0.785. The second-order valence-corrected chi connectivity index (χ2v) is 4.65. The minimum atomic E-state index is -0.247. The van der Waals surface area contributed by atoms with Crippen LogP contribution in [-0.4, -0.2) is 5.11 Å². The van der Waals surface area contributed by atoms with Gasteiger partial charge in [-0.1, -0.05) is 13.0 Å². The number of hydrogen-bond acceptors (Lipinski definition) is 1. The minimum Gasteiger partial charge on any atom is -0.388 e. The number of aryl methyl sites for hydroxylation is 2. The lowest BCUT2D eigenvalue weighted by Crippen LogP contribution is -2.03. The van der Waals surface area contributed by atoms with Gasteiger partial charge < -0.3 is 5.11 Å². The molecule has 0 spiro atoms. The van der Waals surface area contributed by atoms with E-state index >= 15 is 0 Å². The SMILES string of the molecule is Cc1cc(C)c2c(c1C)C(O)C(C)C2. The zero-order chi connectivity index (χ0) is 10.5. The number of aliphatic hydroxyl groups excluding tert-OH is 1. The molecule has 0 heterocycles. The zero-order valence-corrected chi connectivity index (χ0v) is 9.39. The van der Waals surface area contributed by atoms with Gasteiger partial charge in [-0.2, -0.15) is 0 Å². The highest BCUT2D eigenvalue weighted by Gasteiger charge is 2.30. The fourth-order valence-corrected chi connectivity index (χ4v) is 2.56. The highest BCUT2D eigenvalue weighted by molar-refractivity contribution is 5.48. The van der Waals surface area contributed by atoms with E-state index in [0.29, 0.717) is 5.92 Å². The molecule has 0 aromatic heterocycles. The molecular weight excluding hydrogens is 172 g/mol. The Hall–Kier alpha value is -0.820. The molecule has 1 aliphatic carbocycles. The van der Waals surface area contributed by atoms with Crippen molar-refractivity contribution >= 4 is 0 Å². The Bertz CT molecular complexity index is 379. The van der Waals surface area contributed by atoms with Gasteiger partial charge in [0, 0.05) is 0 Å². The summed E-state index contributed by atoms with van der Waals surface area (Å²) in [4.78, 5) is 0. The molecule has 14 heavy (non-hydrogen) atoms. The van der Waals surface area contributed by atoms with E-state index in [1.54, 1.807) is 0 Å². The van der Waals surface area contributed by atoms with Crippen LogP contribution < -0.4 is 0 Å². The molecule has 1 N–H and O–H groups in total. The summed E-state index contributed by atoms with van der Waals surface area (Å²) in [6.45, 7) is 8.52. The molecule has 1 nitrogen and oxygen atoms in total. The smallest absolute Gasteiger partial charge is 0.0824 e. The van der Waals surface area contributed by atoms with Crippen LogP contribution in [0, 0.1) is 26.7 Å². The molecule has 1 aromatic rings. The summed E-state index contributed by atoms with van der Waals surface area (Å²) in [6, 6.07) is 2.24. The Morgan fingerprint density at radius 2 is 1.86 bits per heavy atom. The minimum absolute atomic E-state index is 0.247. The van der Waals surface area contributed by atoms with Crippen molar-refractivity contribution in [2.24, 2.45) is 5.92 Å². The molecule has 0 saturated carbocycles. The average molecular weight is 190 g/mol. The quantitative estimate of drug-likeness (QED) is 0.667. The number of rotatable bonds is 0. The van der Waals surface area contributed by atoms with Gasteiger partial charge in [0.2, 0.25) is 0 Å². The molecule has 1 heteroatoms. The zero-order valence-electron chi connectivity index (χ0n) is 9.39. The topological polar surface area (TPSA) is 20.2 Å². The lowest BCUT2D eigenvalue weighted by molar-refractivity contribution is 0.132. The number of fused-ring (bicyclic) bond motifs is 1. The molecule has 0 amide bonds. The van der Waals surface area contributed by atoms with Gasteiger partial charge in [0.05, 0.1) is 6.10 Å². The number of benzene rings is 1. The van der Waals surface area contributed by atoms with Crippen molar-refractivity contribution in [1.82, 2.24) is 0 Å². The molecule has 2 unspecified atom stereocenters. The van der Waals surface area contributed by atoms with Crippen LogP contribution >= 0.6 is 0 Å². The first-order chi connectivity index (χ1) is 6.52. The van der Waals surface area contributed by atoms with Crippen LogP contribution in [0.5, 0.6) is 0 Å². The summed E-state index contributed by atoms with van der Waals surface area (Å²) in [5.74, 6) is 0.379. The average Bonchev–Trinajstić information content (AvgIpc) is 2.41. The van der Waals surface area contributed by atoms with Crippen molar-refractivity contribution in [3.05, 3.63) is 33.9 Å². The normalized spacial score (nSPS) is 25.2. The van der Waals surface area contributed by atoms with Gasteiger partial charge in [-0.05, 0) is 60.9 Å². The van der Waals surface area contributed by atoms with E-state index in [9.17, 15) is 5.11 Å². The lowest BCUT2D eigenvalue weighted by atomic mass is 9.94. The van der Waals surface area contributed by atoms with Crippen LogP contribution in [0.15, 0.2) is 6.07 Å². The van der Waals surface area contributed by atoms with E-state index in [1.807, 2.05) is 0 Å². The number of aliphatic hydroxyl groups is 1. The Labute approximate surface area is 85.8 Å². The highest BCUT2D eigenvalue weighted by atomic mass is 16.3. The lowest BCUT2D eigenvalue weighted by Gasteiger charge is -2.14. The van der Waals surface area contributed by atoms with Crippen LogP contribution in [0.3, 0.4) is 0 Å². The highest BCUT2D eigenvalue weighted by Crippen LogP contribution is 2.40. The maximum absolute atomic E-state index is 10.1. The molecule has 0 fully saturated rings. The van der Waals surface area contributed by atoms with E-state index in [4.69, 9.17) is 0 Å². The van der Waals surface area contributed by atoms with Crippen LogP contribution in [0.4, 0.5) is 0 Å². The molecule has 0 aliphatic heterocycles. The van der Waals surface area contributed by atoms with Crippen molar-refractivity contribution in [2.75, 3.05) is 0 Å². The van der Waals surface area contributed by atoms with E-state index in [-0.39, 0.29) is 6.10 Å². The van der Waals surface area contributed by atoms with E-state index < -0.39 is 0 Å². The molecular formula is C13H18O. The maximum atomic E-state index is 10.1. The number of hydrogen-bond donors (Lipinski definition) is 1. The maximum Gasteiger partial charge on any atom is 0.0824 e. The first-order valence-electron chi connectivity index (χ1n) is 5.30. The Morgan fingerprint density at radius 1 is 1.21 bits per heavy atom. The summed E-state index contributed by atoms with van der Waals surface area (Å²) in [5, 5.41) is 10.1. The van der Waals surface area contributed by atoms with Crippen molar-refractivity contribution in [3.8, 4) is 0 Å². The molecule has 1 aliphatic rings. The standard InChI is InChI=1S/C13H18O/c1-7-5-8(2)11-6-9(3)13(14)12(11)10(7)4/h5,9,13-14H,6H2,1-4H3. The first kappa shape index (κ1) is 9.72. The predicted molar refractivity (Wildman–Crippen MR) is 58.5 cm³/mol. The van der Waals surface area contributed by atoms with Gasteiger partial charge in [0.15, 0.2) is 0 Å². The van der Waals surface area contributed by atoms with Crippen molar-refractivity contribution in [2.45, 2.75) is 40.2 Å². The fraction of sp³-hybridized carbons (Fsp3) is 0.538. The predicted octanol–water partition coefficient (Wildman–Crippen LogP) is 2.84. The fourth-order valence-electron chi connectivity index (χ4n) is 2.56. The van der Waals surface area contributed by atoms with Gasteiger partial charge in [0.25, 0.3) is 0 Å². The molecule has 2 rings (SSSR count). The molecule has 2 atom stereocenters. The summed E-state index contributed by atoms with van der Waals surface area (Å²) in [5.41, 5.74) is 6.51. The Kier molecular flexibility index (Phi) is 2.15.